The number of amides is 1. The Kier molecular flexibility index (Phi) is 4.22. The molecule has 0 aromatic rings. The van der Waals surface area contributed by atoms with Gasteiger partial charge in [0.1, 0.15) is 0 Å². The molecule has 0 saturated heterocycles. The molecule has 1 amide bonds. The minimum atomic E-state index is 0.709. The van der Waals surface area contributed by atoms with Gasteiger partial charge in [0.2, 0.25) is 6.41 Å². The Morgan fingerprint density at radius 1 is 1.46 bits per heavy atom. The van der Waals surface area contributed by atoms with Crippen LogP contribution in [0.1, 0.15) is 19.8 Å². The average Bonchev–Trinajstić information content (AvgIpc) is 2.08. The number of ether oxygens (including phenoxy) is 1. The first-order valence-electron chi connectivity index (χ1n) is 4.99. The van der Waals surface area contributed by atoms with Crippen LogP contribution in [0, 0.1) is 11.8 Å². The molecule has 0 atom stereocenters. The molecule has 0 bridgehead atoms. The van der Waals surface area contributed by atoms with Crippen molar-refractivity contribution in [3.05, 3.63) is 0 Å². The third-order valence-corrected chi connectivity index (χ3v) is 2.62. The van der Waals surface area contributed by atoms with Gasteiger partial charge >= 0.3 is 0 Å². The van der Waals surface area contributed by atoms with Crippen molar-refractivity contribution in [2.24, 2.45) is 11.8 Å². The van der Waals surface area contributed by atoms with Gasteiger partial charge in [-0.1, -0.05) is 0 Å². The van der Waals surface area contributed by atoms with Gasteiger partial charge in [0, 0.05) is 26.8 Å². The van der Waals surface area contributed by atoms with Crippen molar-refractivity contribution < 1.29 is 9.53 Å². The summed E-state index contributed by atoms with van der Waals surface area (Å²) in [5.74, 6) is 1.45. The Morgan fingerprint density at radius 3 is 2.69 bits per heavy atom. The molecule has 1 rings (SSSR count). The fraction of sp³-hybridized carbons (Fsp3) is 0.900. The summed E-state index contributed by atoms with van der Waals surface area (Å²) in [5, 5.41) is 0. The van der Waals surface area contributed by atoms with E-state index in [1.807, 2.05) is 14.0 Å². The third kappa shape index (κ3) is 3.35. The predicted octanol–water partition coefficient (Wildman–Crippen LogP) is 1.14. The van der Waals surface area contributed by atoms with E-state index in [4.69, 9.17) is 4.74 Å². The Labute approximate surface area is 80.1 Å². The molecule has 13 heavy (non-hydrogen) atoms. The van der Waals surface area contributed by atoms with E-state index in [2.05, 4.69) is 0 Å². The first-order valence-corrected chi connectivity index (χ1v) is 4.99. The van der Waals surface area contributed by atoms with E-state index in [1.165, 1.54) is 12.8 Å². The number of rotatable bonds is 6. The summed E-state index contributed by atoms with van der Waals surface area (Å²) in [5.41, 5.74) is 0. The molecule has 0 N–H and O–H groups in total. The van der Waals surface area contributed by atoms with E-state index in [1.54, 1.807) is 4.90 Å². The number of carbonyl (C=O) groups is 1. The van der Waals surface area contributed by atoms with E-state index in [9.17, 15) is 4.79 Å². The highest BCUT2D eigenvalue weighted by molar-refractivity contribution is 5.46. The highest BCUT2D eigenvalue weighted by atomic mass is 16.5. The molecular formula is C10H19NO2. The summed E-state index contributed by atoms with van der Waals surface area (Å²) >= 11 is 0. The number of carbonyl (C=O) groups excluding carboxylic acids is 1. The zero-order valence-corrected chi connectivity index (χ0v) is 8.53. The van der Waals surface area contributed by atoms with Gasteiger partial charge in [-0.05, 0) is 31.6 Å². The van der Waals surface area contributed by atoms with Gasteiger partial charge in [-0.3, -0.25) is 4.79 Å². The second kappa shape index (κ2) is 5.22. The number of nitrogens with zero attached hydrogens (tertiary/aromatic N) is 1. The highest BCUT2D eigenvalue weighted by Crippen LogP contribution is 2.33. The van der Waals surface area contributed by atoms with Crippen LogP contribution in [0.2, 0.25) is 0 Å². The van der Waals surface area contributed by atoms with Crippen molar-refractivity contribution in [1.82, 2.24) is 4.90 Å². The minimum absolute atomic E-state index is 0.709. The average molecular weight is 185 g/mol. The van der Waals surface area contributed by atoms with E-state index in [0.29, 0.717) is 5.92 Å². The third-order valence-electron chi connectivity index (χ3n) is 2.62. The minimum Gasteiger partial charge on any atom is -0.381 e. The zero-order chi connectivity index (χ0) is 9.68. The molecule has 0 aliphatic heterocycles. The van der Waals surface area contributed by atoms with Gasteiger partial charge in [-0.25, -0.2) is 0 Å². The van der Waals surface area contributed by atoms with Crippen LogP contribution in [0.25, 0.3) is 0 Å². The van der Waals surface area contributed by atoms with E-state index in [0.717, 1.165) is 32.1 Å². The van der Waals surface area contributed by atoms with Crippen molar-refractivity contribution in [3.8, 4) is 0 Å². The normalized spacial score (nSPS) is 26.6. The first-order chi connectivity index (χ1) is 6.26. The van der Waals surface area contributed by atoms with Crippen LogP contribution in [0.5, 0.6) is 0 Å². The van der Waals surface area contributed by atoms with Crippen LogP contribution in [0.4, 0.5) is 0 Å². The lowest BCUT2D eigenvalue weighted by molar-refractivity contribution is -0.118. The van der Waals surface area contributed by atoms with Crippen molar-refractivity contribution in [1.29, 1.82) is 0 Å². The molecule has 3 heteroatoms. The molecular weight excluding hydrogens is 166 g/mol. The zero-order valence-electron chi connectivity index (χ0n) is 8.53. The molecule has 3 nitrogen and oxygen atoms in total. The maximum atomic E-state index is 10.3. The molecule has 0 radical (unpaired) electrons. The fourth-order valence-corrected chi connectivity index (χ4v) is 1.89. The fourth-order valence-electron chi connectivity index (χ4n) is 1.89. The molecule has 0 unspecified atom stereocenters. The van der Waals surface area contributed by atoms with Crippen molar-refractivity contribution in [2.75, 3.05) is 26.8 Å². The molecule has 0 heterocycles. The van der Waals surface area contributed by atoms with Crippen molar-refractivity contribution in [2.45, 2.75) is 19.8 Å². The predicted molar refractivity (Wildman–Crippen MR) is 51.4 cm³/mol. The van der Waals surface area contributed by atoms with Gasteiger partial charge in [0.15, 0.2) is 0 Å². The van der Waals surface area contributed by atoms with Crippen LogP contribution >= 0.6 is 0 Å². The standard InChI is InChI=1S/C10H19NO2/c1-3-13-7-10-4-9(5-10)6-11(2)8-12/h8-10H,3-7H2,1-2H3/t9-,10-. The van der Waals surface area contributed by atoms with Crippen molar-refractivity contribution in [3.63, 3.8) is 0 Å². The molecule has 1 aliphatic carbocycles. The van der Waals surface area contributed by atoms with Gasteiger partial charge in [0.25, 0.3) is 0 Å². The van der Waals surface area contributed by atoms with Gasteiger partial charge in [0.05, 0.1) is 0 Å². The monoisotopic (exact) mass is 185 g/mol. The summed E-state index contributed by atoms with van der Waals surface area (Å²) < 4.78 is 5.33. The lowest BCUT2D eigenvalue weighted by atomic mass is 9.75. The van der Waals surface area contributed by atoms with Crippen LogP contribution in [0.3, 0.4) is 0 Å². The van der Waals surface area contributed by atoms with Gasteiger partial charge in [-0.2, -0.15) is 0 Å². The topological polar surface area (TPSA) is 29.5 Å². The van der Waals surface area contributed by atoms with E-state index < -0.39 is 0 Å². The van der Waals surface area contributed by atoms with Crippen LogP contribution in [-0.4, -0.2) is 38.1 Å². The molecule has 76 valence electrons. The number of hydrogen-bond donors (Lipinski definition) is 0. The highest BCUT2D eigenvalue weighted by Gasteiger charge is 2.29. The second-order valence-corrected chi connectivity index (χ2v) is 3.91. The van der Waals surface area contributed by atoms with Crippen LogP contribution in [0.15, 0.2) is 0 Å². The maximum absolute atomic E-state index is 10.3. The Morgan fingerprint density at radius 2 is 2.15 bits per heavy atom. The van der Waals surface area contributed by atoms with Crippen LogP contribution < -0.4 is 0 Å². The van der Waals surface area contributed by atoms with E-state index in [-0.39, 0.29) is 0 Å². The molecule has 1 saturated carbocycles. The number of hydrogen-bond acceptors (Lipinski definition) is 2. The lowest BCUT2D eigenvalue weighted by Gasteiger charge is -2.36. The Bertz CT molecular complexity index is 155. The van der Waals surface area contributed by atoms with Gasteiger partial charge in [-0.15, -0.1) is 0 Å². The summed E-state index contributed by atoms with van der Waals surface area (Å²) in [6, 6.07) is 0. The largest absolute Gasteiger partial charge is 0.381 e. The summed E-state index contributed by atoms with van der Waals surface area (Å²) in [7, 11) is 1.84. The Hall–Kier alpha value is -0.570. The molecule has 0 spiro atoms. The van der Waals surface area contributed by atoms with Crippen molar-refractivity contribution >= 4 is 6.41 Å². The molecule has 0 aromatic heterocycles. The van der Waals surface area contributed by atoms with Gasteiger partial charge < -0.3 is 9.64 Å². The lowest BCUT2D eigenvalue weighted by Crippen LogP contribution is -2.35. The SMILES string of the molecule is CCOC[C@H]1C[C@H](CN(C)C=O)C1. The smallest absolute Gasteiger partial charge is 0.209 e. The van der Waals surface area contributed by atoms with E-state index >= 15 is 0 Å². The summed E-state index contributed by atoms with van der Waals surface area (Å²) in [6.07, 6.45) is 3.34. The first kappa shape index (κ1) is 10.5. The summed E-state index contributed by atoms with van der Waals surface area (Å²) in [6.45, 7) is 4.65. The summed E-state index contributed by atoms with van der Waals surface area (Å²) in [4.78, 5) is 12.1. The van der Waals surface area contributed by atoms with Crippen LogP contribution in [-0.2, 0) is 9.53 Å². The maximum Gasteiger partial charge on any atom is 0.209 e. The molecule has 0 aromatic carbocycles. The quantitative estimate of drug-likeness (QED) is 0.581. The molecule has 1 fully saturated rings. The second-order valence-electron chi connectivity index (χ2n) is 3.91. The molecule has 1 aliphatic rings. The Balaban J connectivity index is 2.01.